The van der Waals surface area contributed by atoms with Gasteiger partial charge >= 0.3 is 0 Å². The Morgan fingerprint density at radius 2 is 1.73 bits per heavy atom. The summed E-state index contributed by atoms with van der Waals surface area (Å²) in [6.45, 7) is 9.46. The monoisotopic (exact) mass is 149 g/mol. The van der Waals surface area contributed by atoms with Crippen molar-refractivity contribution in [2.45, 2.75) is 20.8 Å². The van der Waals surface area contributed by atoms with Crippen molar-refractivity contribution in [1.82, 2.24) is 0 Å². The Labute approximate surface area is 68.8 Å². The summed E-state index contributed by atoms with van der Waals surface area (Å²) in [6.07, 6.45) is 0. The molecule has 1 heteroatoms. The maximum absolute atomic E-state index is 3.82. The van der Waals surface area contributed by atoms with E-state index in [1.54, 1.807) is 0 Å². The van der Waals surface area contributed by atoms with Crippen LogP contribution in [0.5, 0.6) is 0 Å². The third-order valence-electron chi connectivity index (χ3n) is 1.29. The van der Waals surface area contributed by atoms with Crippen molar-refractivity contribution in [3.8, 4) is 0 Å². The summed E-state index contributed by atoms with van der Waals surface area (Å²) >= 11 is 0. The van der Waals surface area contributed by atoms with Gasteiger partial charge in [-0.05, 0) is 25.3 Å². The lowest BCUT2D eigenvalue weighted by Gasteiger charge is -1.94. The Morgan fingerprint density at radius 1 is 1.18 bits per heavy atom. The number of aryl methyl sites for hydroxylation is 1. The molecule has 0 unspecified atom stereocenters. The van der Waals surface area contributed by atoms with Gasteiger partial charge in [0.1, 0.15) is 0 Å². The number of aliphatic imine (C=N–C) groups is 1. The zero-order valence-corrected chi connectivity index (χ0v) is 7.46. The number of hydrogen-bond acceptors (Lipinski definition) is 1. The van der Waals surface area contributed by atoms with Crippen molar-refractivity contribution in [3.05, 3.63) is 29.8 Å². The maximum atomic E-state index is 3.82. The fraction of sp³-hybridized carbons (Fsp3) is 0.300. The maximum Gasteiger partial charge on any atom is 0.0651 e. The van der Waals surface area contributed by atoms with E-state index in [-0.39, 0.29) is 0 Å². The standard InChI is InChI=1S/C8H9N.C2H6/c1-7-5-3-4-6-8(7)9-2;1-2/h3-6H,2H2,1H3;1-2H3. The molecule has 1 rings (SSSR count). The molecule has 11 heavy (non-hydrogen) atoms. The predicted octanol–water partition coefficient (Wildman–Crippen LogP) is 3.35. The third kappa shape index (κ3) is 2.99. The molecule has 0 heterocycles. The molecule has 0 amide bonds. The molecule has 1 nitrogen and oxygen atoms in total. The summed E-state index contributed by atoms with van der Waals surface area (Å²) in [7, 11) is 0. The second-order valence-corrected chi connectivity index (χ2v) is 1.94. The molecule has 0 atom stereocenters. The third-order valence-corrected chi connectivity index (χ3v) is 1.29. The molecule has 60 valence electrons. The molecule has 0 aromatic heterocycles. The van der Waals surface area contributed by atoms with E-state index in [1.165, 1.54) is 5.56 Å². The van der Waals surface area contributed by atoms with E-state index in [0.717, 1.165) is 5.69 Å². The summed E-state index contributed by atoms with van der Waals surface area (Å²) in [4.78, 5) is 3.82. The average Bonchev–Trinajstić information content (AvgIpc) is 2.09. The van der Waals surface area contributed by atoms with Gasteiger partial charge in [0.25, 0.3) is 0 Å². The number of benzene rings is 1. The molecule has 1 aromatic rings. The SMILES string of the molecule is C=Nc1ccccc1C.CC. The highest BCUT2D eigenvalue weighted by atomic mass is 14.7. The average molecular weight is 149 g/mol. The van der Waals surface area contributed by atoms with E-state index < -0.39 is 0 Å². The van der Waals surface area contributed by atoms with Crippen molar-refractivity contribution < 1.29 is 0 Å². The lowest BCUT2D eigenvalue weighted by Crippen LogP contribution is -1.69. The molecule has 0 radical (unpaired) electrons. The first-order valence-corrected chi connectivity index (χ1v) is 3.87. The Hall–Kier alpha value is -1.11. The zero-order valence-electron chi connectivity index (χ0n) is 7.46. The largest absolute Gasteiger partial charge is 0.264 e. The van der Waals surface area contributed by atoms with Crippen LogP contribution in [0.2, 0.25) is 0 Å². The fourth-order valence-electron chi connectivity index (χ4n) is 0.741. The highest BCUT2D eigenvalue weighted by Crippen LogP contribution is 2.15. The van der Waals surface area contributed by atoms with Gasteiger partial charge in [0.15, 0.2) is 0 Å². The minimum Gasteiger partial charge on any atom is -0.264 e. The van der Waals surface area contributed by atoms with Gasteiger partial charge < -0.3 is 0 Å². The number of rotatable bonds is 1. The molecule has 0 bridgehead atoms. The minimum absolute atomic E-state index is 0.970. The second kappa shape index (κ2) is 5.66. The van der Waals surface area contributed by atoms with Gasteiger partial charge in [-0.3, -0.25) is 4.99 Å². The summed E-state index contributed by atoms with van der Waals surface area (Å²) in [5.74, 6) is 0. The van der Waals surface area contributed by atoms with Crippen molar-refractivity contribution in [3.63, 3.8) is 0 Å². The topological polar surface area (TPSA) is 12.4 Å². The van der Waals surface area contributed by atoms with Crippen LogP contribution < -0.4 is 0 Å². The van der Waals surface area contributed by atoms with E-state index in [0.29, 0.717) is 0 Å². The Morgan fingerprint density at radius 3 is 2.09 bits per heavy atom. The first-order valence-electron chi connectivity index (χ1n) is 3.87. The molecule has 0 saturated heterocycles. The first kappa shape index (κ1) is 9.89. The van der Waals surface area contributed by atoms with Gasteiger partial charge in [-0.15, -0.1) is 0 Å². The molecule has 0 spiro atoms. The molecule has 0 N–H and O–H groups in total. The summed E-state index contributed by atoms with van der Waals surface area (Å²) in [5, 5.41) is 0. The van der Waals surface area contributed by atoms with Gasteiger partial charge in [-0.2, -0.15) is 0 Å². The van der Waals surface area contributed by atoms with Crippen molar-refractivity contribution in [2.24, 2.45) is 4.99 Å². The summed E-state index contributed by atoms with van der Waals surface area (Å²) in [5.41, 5.74) is 2.14. The van der Waals surface area contributed by atoms with E-state index in [1.807, 2.05) is 45.0 Å². The number of para-hydroxylation sites is 1. The van der Waals surface area contributed by atoms with Crippen LogP contribution in [-0.4, -0.2) is 6.72 Å². The van der Waals surface area contributed by atoms with Crippen molar-refractivity contribution in [1.29, 1.82) is 0 Å². The quantitative estimate of drug-likeness (QED) is 0.543. The molecular weight excluding hydrogens is 134 g/mol. The Balaban J connectivity index is 0.000000461. The van der Waals surface area contributed by atoms with E-state index in [2.05, 4.69) is 11.7 Å². The van der Waals surface area contributed by atoms with E-state index in [4.69, 9.17) is 0 Å². The Bertz CT molecular complexity index is 216. The van der Waals surface area contributed by atoms with Crippen LogP contribution in [0.15, 0.2) is 29.3 Å². The Kier molecular flexibility index (Phi) is 5.09. The summed E-state index contributed by atoms with van der Waals surface area (Å²) < 4.78 is 0. The van der Waals surface area contributed by atoms with Crippen LogP contribution in [0.25, 0.3) is 0 Å². The van der Waals surface area contributed by atoms with Crippen LogP contribution in [0.3, 0.4) is 0 Å². The van der Waals surface area contributed by atoms with Crippen LogP contribution in [0.4, 0.5) is 5.69 Å². The zero-order chi connectivity index (χ0) is 8.69. The number of nitrogens with zero attached hydrogens (tertiary/aromatic N) is 1. The van der Waals surface area contributed by atoms with Gasteiger partial charge in [0, 0.05) is 0 Å². The molecule has 0 aliphatic heterocycles. The van der Waals surface area contributed by atoms with Gasteiger partial charge in [0.05, 0.1) is 5.69 Å². The van der Waals surface area contributed by atoms with Crippen LogP contribution >= 0.6 is 0 Å². The second-order valence-electron chi connectivity index (χ2n) is 1.94. The van der Waals surface area contributed by atoms with Crippen molar-refractivity contribution >= 4 is 12.4 Å². The lowest BCUT2D eigenvalue weighted by molar-refractivity contribution is 1.41. The molecule has 1 aromatic carbocycles. The van der Waals surface area contributed by atoms with Crippen LogP contribution in [0.1, 0.15) is 19.4 Å². The number of hydrogen-bond donors (Lipinski definition) is 0. The first-order chi connectivity index (χ1) is 5.34. The fourth-order valence-corrected chi connectivity index (χ4v) is 0.741. The minimum atomic E-state index is 0.970. The molecule has 0 aliphatic carbocycles. The smallest absolute Gasteiger partial charge is 0.0651 e. The van der Waals surface area contributed by atoms with Gasteiger partial charge in [0.2, 0.25) is 0 Å². The van der Waals surface area contributed by atoms with E-state index >= 15 is 0 Å². The highest BCUT2D eigenvalue weighted by molar-refractivity contribution is 5.50. The van der Waals surface area contributed by atoms with Crippen LogP contribution in [0, 0.1) is 6.92 Å². The van der Waals surface area contributed by atoms with Crippen LogP contribution in [-0.2, 0) is 0 Å². The predicted molar refractivity (Wildman–Crippen MR) is 51.7 cm³/mol. The summed E-state index contributed by atoms with van der Waals surface area (Å²) in [6, 6.07) is 7.91. The normalized spacial score (nSPS) is 7.91. The van der Waals surface area contributed by atoms with E-state index in [9.17, 15) is 0 Å². The molecule has 0 aliphatic rings. The van der Waals surface area contributed by atoms with Gasteiger partial charge in [-0.1, -0.05) is 32.0 Å². The molecule has 0 saturated carbocycles. The molecular formula is C10H15N. The molecule has 0 fully saturated rings. The highest BCUT2D eigenvalue weighted by Gasteiger charge is 1.88. The van der Waals surface area contributed by atoms with Crippen molar-refractivity contribution in [2.75, 3.05) is 0 Å². The van der Waals surface area contributed by atoms with Gasteiger partial charge in [-0.25, -0.2) is 0 Å². The lowest BCUT2D eigenvalue weighted by atomic mass is 10.2.